The number of halogens is 1. The lowest BCUT2D eigenvalue weighted by Gasteiger charge is -2.27. The quantitative estimate of drug-likeness (QED) is 0.829. The molecule has 1 aromatic heterocycles. The molecule has 0 aliphatic heterocycles. The van der Waals surface area contributed by atoms with E-state index in [-0.39, 0.29) is 18.5 Å². The van der Waals surface area contributed by atoms with Gasteiger partial charge in [-0.05, 0) is 6.07 Å². The van der Waals surface area contributed by atoms with Crippen LogP contribution in [-0.4, -0.2) is 32.6 Å². The number of aromatic nitrogens is 3. The van der Waals surface area contributed by atoms with Crippen molar-refractivity contribution in [2.45, 2.75) is 11.8 Å². The van der Waals surface area contributed by atoms with Gasteiger partial charge in [0.25, 0.3) is 0 Å². The molecule has 106 valence electrons. The predicted octanol–water partition coefficient (Wildman–Crippen LogP) is 0.478. The minimum atomic E-state index is -1.55. The van der Waals surface area contributed by atoms with Crippen LogP contribution in [-0.2, 0) is 23.7 Å². The van der Waals surface area contributed by atoms with Gasteiger partial charge >= 0.3 is 5.97 Å². The summed E-state index contributed by atoms with van der Waals surface area (Å²) >= 11 is 0. The number of hydrogen-bond donors (Lipinski definition) is 2. The molecular formula is C13H15FN4O2. The Bertz CT molecular complexity index is 628. The van der Waals surface area contributed by atoms with Gasteiger partial charge in [0.2, 0.25) is 0 Å². The molecule has 20 heavy (non-hydrogen) atoms. The van der Waals surface area contributed by atoms with Crippen molar-refractivity contribution in [3.63, 3.8) is 0 Å². The summed E-state index contributed by atoms with van der Waals surface area (Å²) in [5, 5.41) is 17.2. The van der Waals surface area contributed by atoms with Gasteiger partial charge in [-0.15, -0.1) is 5.10 Å². The van der Waals surface area contributed by atoms with Crippen molar-refractivity contribution >= 4 is 5.97 Å². The lowest BCUT2D eigenvalue weighted by molar-refractivity contribution is -0.143. The van der Waals surface area contributed by atoms with Crippen LogP contribution in [0.1, 0.15) is 11.3 Å². The van der Waals surface area contributed by atoms with Crippen LogP contribution in [0.15, 0.2) is 30.5 Å². The van der Waals surface area contributed by atoms with E-state index in [1.54, 1.807) is 19.3 Å². The van der Waals surface area contributed by atoms with Crippen molar-refractivity contribution in [1.29, 1.82) is 0 Å². The molecule has 0 aliphatic carbocycles. The maximum atomic E-state index is 14.0. The Morgan fingerprint density at radius 3 is 2.70 bits per heavy atom. The van der Waals surface area contributed by atoms with Gasteiger partial charge in [-0.2, -0.15) is 0 Å². The van der Waals surface area contributed by atoms with E-state index in [2.05, 4.69) is 10.3 Å². The van der Waals surface area contributed by atoms with E-state index < -0.39 is 17.2 Å². The lowest BCUT2D eigenvalue weighted by Crippen LogP contribution is -2.45. The van der Waals surface area contributed by atoms with Gasteiger partial charge in [0.1, 0.15) is 11.2 Å². The maximum absolute atomic E-state index is 14.0. The summed E-state index contributed by atoms with van der Waals surface area (Å²) < 4.78 is 15.4. The molecule has 1 heterocycles. The minimum Gasteiger partial charge on any atom is -0.481 e. The second-order valence-corrected chi connectivity index (χ2v) is 4.63. The number of carboxylic acids is 1. The van der Waals surface area contributed by atoms with E-state index in [9.17, 15) is 14.3 Å². The van der Waals surface area contributed by atoms with E-state index in [0.29, 0.717) is 5.69 Å². The van der Waals surface area contributed by atoms with Crippen LogP contribution < -0.4 is 5.73 Å². The Morgan fingerprint density at radius 2 is 2.20 bits per heavy atom. The molecule has 0 fully saturated rings. The zero-order valence-corrected chi connectivity index (χ0v) is 11.0. The molecule has 0 spiro atoms. The van der Waals surface area contributed by atoms with E-state index in [4.69, 9.17) is 5.73 Å². The first-order valence-corrected chi connectivity index (χ1v) is 6.03. The number of nitrogens with two attached hydrogens (primary N) is 1. The third-order valence-corrected chi connectivity index (χ3v) is 3.28. The topological polar surface area (TPSA) is 94.0 Å². The zero-order valence-electron chi connectivity index (χ0n) is 11.0. The van der Waals surface area contributed by atoms with Crippen LogP contribution in [0.3, 0.4) is 0 Å². The highest BCUT2D eigenvalue weighted by Gasteiger charge is 2.42. The van der Waals surface area contributed by atoms with Gasteiger partial charge in [-0.1, -0.05) is 23.4 Å². The Balaban J connectivity index is 2.51. The van der Waals surface area contributed by atoms with Gasteiger partial charge in [0.15, 0.2) is 0 Å². The predicted molar refractivity (Wildman–Crippen MR) is 69.5 cm³/mol. The van der Waals surface area contributed by atoms with Crippen molar-refractivity contribution < 1.29 is 14.3 Å². The summed E-state index contributed by atoms with van der Waals surface area (Å²) in [5.74, 6) is -1.78. The van der Waals surface area contributed by atoms with Crippen LogP contribution >= 0.6 is 0 Å². The fourth-order valence-corrected chi connectivity index (χ4v) is 2.19. The summed E-state index contributed by atoms with van der Waals surface area (Å²) in [5.41, 5.74) is 4.61. The van der Waals surface area contributed by atoms with Crippen molar-refractivity contribution in [3.05, 3.63) is 47.5 Å². The van der Waals surface area contributed by atoms with Gasteiger partial charge in [0, 0.05) is 31.8 Å². The number of aliphatic carboxylic acids is 1. The summed E-state index contributed by atoms with van der Waals surface area (Å²) in [6.45, 7) is -0.236. The molecule has 7 heteroatoms. The van der Waals surface area contributed by atoms with E-state index >= 15 is 0 Å². The summed E-state index contributed by atoms with van der Waals surface area (Å²) in [6, 6.07) is 5.75. The second kappa shape index (κ2) is 5.38. The molecule has 2 rings (SSSR count). The van der Waals surface area contributed by atoms with Crippen molar-refractivity contribution in [2.75, 3.05) is 6.54 Å². The fraction of sp³-hybridized carbons (Fsp3) is 0.308. The van der Waals surface area contributed by atoms with Crippen LogP contribution in [0.25, 0.3) is 0 Å². The second-order valence-electron chi connectivity index (χ2n) is 4.63. The fourth-order valence-electron chi connectivity index (χ4n) is 2.19. The average Bonchev–Trinajstić information content (AvgIpc) is 2.82. The maximum Gasteiger partial charge on any atom is 0.315 e. The van der Waals surface area contributed by atoms with Gasteiger partial charge in [-0.25, -0.2) is 4.39 Å². The molecule has 0 amide bonds. The average molecular weight is 278 g/mol. The minimum absolute atomic E-state index is 0.0202. The first kappa shape index (κ1) is 14.1. The molecule has 0 saturated heterocycles. The number of carbonyl (C=O) groups is 1. The van der Waals surface area contributed by atoms with Crippen LogP contribution in [0.4, 0.5) is 4.39 Å². The van der Waals surface area contributed by atoms with E-state index in [1.165, 1.54) is 22.9 Å². The standard InChI is InChI=1S/C13H15FN4O2/c1-18-7-9(16-17-18)6-13(8-15,12(19)20)10-4-2-3-5-11(10)14/h2-5,7H,6,8,15H2,1H3,(H,19,20). The molecule has 1 atom stereocenters. The van der Waals surface area contributed by atoms with Crippen molar-refractivity contribution in [3.8, 4) is 0 Å². The number of nitrogens with zero attached hydrogens (tertiary/aromatic N) is 3. The number of hydrogen-bond acceptors (Lipinski definition) is 4. The van der Waals surface area contributed by atoms with E-state index in [1.807, 2.05) is 0 Å². The molecule has 6 nitrogen and oxygen atoms in total. The Kier molecular flexibility index (Phi) is 3.80. The Hall–Kier alpha value is -2.28. The normalized spacial score (nSPS) is 13.9. The monoisotopic (exact) mass is 278 g/mol. The summed E-state index contributed by atoms with van der Waals surface area (Å²) in [7, 11) is 1.67. The van der Waals surface area contributed by atoms with E-state index in [0.717, 1.165) is 0 Å². The SMILES string of the molecule is Cn1cc(CC(CN)(C(=O)O)c2ccccc2F)nn1. The first-order valence-electron chi connectivity index (χ1n) is 6.03. The Labute approximate surface area is 115 Å². The number of benzene rings is 1. The van der Waals surface area contributed by atoms with Gasteiger partial charge < -0.3 is 10.8 Å². The molecule has 0 radical (unpaired) electrons. The molecule has 1 unspecified atom stereocenters. The number of aryl methyl sites for hydroxylation is 1. The largest absolute Gasteiger partial charge is 0.481 e. The van der Waals surface area contributed by atoms with Crippen molar-refractivity contribution in [2.24, 2.45) is 12.8 Å². The molecule has 0 aliphatic rings. The van der Waals surface area contributed by atoms with Gasteiger partial charge in [-0.3, -0.25) is 9.48 Å². The molecule has 0 saturated carbocycles. The molecule has 1 aromatic carbocycles. The van der Waals surface area contributed by atoms with Gasteiger partial charge in [0.05, 0.1) is 5.69 Å². The third kappa shape index (κ3) is 2.39. The third-order valence-electron chi connectivity index (χ3n) is 3.28. The Morgan fingerprint density at radius 1 is 1.50 bits per heavy atom. The first-order chi connectivity index (χ1) is 9.49. The zero-order chi connectivity index (χ0) is 14.8. The van der Waals surface area contributed by atoms with Crippen LogP contribution in [0.5, 0.6) is 0 Å². The highest BCUT2D eigenvalue weighted by Crippen LogP contribution is 2.29. The molecule has 2 aromatic rings. The number of rotatable bonds is 5. The van der Waals surface area contributed by atoms with Crippen LogP contribution in [0, 0.1) is 5.82 Å². The summed E-state index contributed by atoms with van der Waals surface area (Å²) in [4.78, 5) is 11.7. The highest BCUT2D eigenvalue weighted by molar-refractivity contribution is 5.82. The van der Waals surface area contributed by atoms with Crippen molar-refractivity contribution in [1.82, 2.24) is 15.0 Å². The molecule has 3 N–H and O–H groups in total. The smallest absolute Gasteiger partial charge is 0.315 e. The lowest BCUT2D eigenvalue weighted by atomic mass is 9.76. The molecular weight excluding hydrogens is 263 g/mol. The highest BCUT2D eigenvalue weighted by atomic mass is 19.1. The summed E-state index contributed by atoms with van der Waals surface area (Å²) in [6.07, 6.45) is 1.57. The number of carboxylic acid groups (broad SMARTS) is 1. The van der Waals surface area contributed by atoms with Crippen LogP contribution in [0.2, 0.25) is 0 Å². The molecule has 0 bridgehead atoms.